The number of alkyl halides is 1. The Hall–Kier alpha value is 0.170. The fourth-order valence-corrected chi connectivity index (χ4v) is 1.41. The number of rotatable bonds is 5. The van der Waals surface area contributed by atoms with Crippen molar-refractivity contribution in [2.45, 2.75) is 31.5 Å². The molecule has 0 aromatic carbocycles. The lowest BCUT2D eigenvalue weighted by Gasteiger charge is -2.22. The predicted molar refractivity (Wildman–Crippen MR) is 51.1 cm³/mol. The van der Waals surface area contributed by atoms with Gasteiger partial charge in [0.25, 0.3) is 0 Å². The van der Waals surface area contributed by atoms with Crippen molar-refractivity contribution in [1.29, 1.82) is 0 Å². The van der Waals surface area contributed by atoms with E-state index in [0.29, 0.717) is 13.2 Å². The minimum Gasteiger partial charge on any atom is -0.389 e. The van der Waals surface area contributed by atoms with Crippen LogP contribution in [0, 0.1) is 0 Å². The van der Waals surface area contributed by atoms with E-state index >= 15 is 0 Å². The molecule has 2 atom stereocenters. The zero-order chi connectivity index (χ0) is 9.52. The average molecular weight is 209 g/mol. The normalized spacial score (nSPS) is 25.8. The van der Waals surface area contributed by atoms with Gasteiger partial charge in [0.2, 0.25) is 0 Å². The number of hydrogen-bond acceptors (Lipinski definition) is 3. The maximum absolute atomic E-state index is 9.09. The van der Waals surface area contributed by atoms with Gasteiger partial charge in [-0.2, -0.15) is 0 Å². The van der Waals surface area contributed by atoms with Gasteiger partial charge in [0.05, 0.1) is 31.3 Å². The van der Waals surface area contributed by atoms with Crippen molar-refractivity contribution in [1.82, 2.24) is 0 Å². The van der Waals surface area contributed by atoms with Gasteiger partial charge < -0.3 is 14.6 Å². The van der Waals surface area contributed by atoms with Gasteiger partial charge in [-0.25, -0.2) is 0 Å². The van der Waals surface area contributed by atoms with Crippen molar-refractivity contribution in [3.8, 4) is 0 Å². The van der Waals surface area contributed by atoms with E-state index in [1.807, 2.05) is 0 Å². The van der Waals surface area contributed by atoms with Crippen LogP contribution in [0.3, 0.4) is 0 Å². The molecule has 1 aliphatic rings. The molecule has 1 aliphatic heterocycles. The van der Waals surface area contributed by atoms with E-state index in [-0.39, 0.29) is 12.0 Å². The van der Waals surface area contributed by atoms with Crippen LogP contribution < -0.4 is 0 Å². The molecule has 0 aliphatic carbocycles. The molecule has 1 N–H and O–H groups in total. The van der Waals surface area contributed by atoms with Gasteiger partial charge in [0, 0.05) is 6.61 Å². The molecule has 1 fully saturated rings. The summed E-state index contributed by atoms with van der Waals surface area (Å²) in [6.07, 6.45) is 3.10. The summed E-state index contributed by atoms with van der Waals surface area (Å²) in [5, 5.41) is 9.09. The van der Waals surface area contributed by atoms with E-state index in [2.05, 4.69) is 0 Å². The zero-order valence-corrected chi connectivity index (χ0v) is 8.50. The second kappa shape index (κ2) is 6.60. The second-order valence-corrected chi connectivity index (χ2v) is 3.64. The first-order valence-electron chi connectivity index (χ1n) is 4.76. The first kappa shape index (κ1) is 11.2. The Bertz CT molecular complexity index is 126. The summed E-state index contributed by atoms with van der Waals surface area (Å²) in [7, 11) is 0. The van der Waals surface area contributed by atoms with E-state index in [9.17, 15) is 0 Å². The van der Waals surface area contributed by atoms with Crippen LogP contribution >= 0.6 is 11.6 Å². The van der Waals surface area contributed by atoms with Gasteiger partial charge in [-0.05, 0) is 19.3 Å². The van der Waals surface area contributed by atoms with Crippen molar-refractivity contribution in [2.24, 2.45) is 0 Å². The van der Waals surface area contributed by atoms with Crippen LogP contribution in [0.25, 0.3) is 0 Å². The molecule has 1 saturated heterocycles. The fourth-order valence-electron chi connectivity index (χ4n) is 1.32. The van der Waals surface area contributed by atoms with E-state index in [0.717, 1.165) is 19.4 Å². The van der Waals surface area contributed by atoms with Crippen LogP contribution in [0.4, 0.5) is 0 Å². The quantitative estimate of drug-likeness (QED) is 0.690. The van der Waals surface area contributed by atoms with Crippen molar-refractivity contribution < 1.29 is 14.6 Å². The van der Waals surface area contributed by atoms with Crippen LogP contribution in [-0.4, -0.2) is 43.0 Å². The molecular formula is C9H17ClO3. The molecule has 13 heavy (non-hydrogen) atoms. The highest BCUT2D eigenvalue weighted by Gasteiger charge is 2.14. The van der Waals surface area contributed by atoms with E-state index in [1.54, 1.807) is 0 Å². The highest BCUT2D eigenvalue weighted by molar-refractivity contribution is 6.18. The lowest BCUT2D eigenvalue weighted by atomic mass is 10.1. The maximum atomic E-state index is 9.09. The number of ether oxygens (including phenoxy) is 2. The first-order chi connectivity index (χ1) is 6.33. The standard InChI is InChI=1S/C9H17ClO3/c10-5-8(11)6-12-7-9-3-1-2-4-13-9/h8-9,11H,1-7H2. The topological polar surface area (TPSA) is 38.7 Å². The largest absolute Gasteiger partial charge is 0.389 e. The summed E-state index contributed by atoms with van der Waals surface area (Å²) in [4.78, 5) is 0. The van der Waals surface area contributed by atoms with Crippen molar-refractivity contribution in [3.05, 3.63) is 0 Å². The van der Waals surface area contributed by atoms with Crippen molar-refractivity contribution >= 4 is 11.6 Å². The summed E-state index contributed by atoms with van der Waals surface area (Å²) in [6, 6.07) is 0. The fraction of sp³-hybridized carbons (Fsp3) is 1.00. The summed E-state index contributed by atoms with van der Waals surface area (Å²) >= 11 is 5.41. The molecule has 1 rings (SSSR count). The first-order valence-corrected chi connectivity index (χ1v) is 5.29. The van der Waals surface area contributed by atoms with Crippen LogP contribution in [0.2, 0.25) is 0 Å². The lowest BCUT2D eigenvalue weighted by molar-refractivity contribution is -0.0543. The molecule has 0 spiro atoms. The summed E-state index contributed by atoms with van der Waals surface area (Å²) in [5.74, 6) is 0.228. The van der Waals surface area contributed by atoms with Gasteiger partial charge in [0.15, 0.2) is 0 Å². The lowest BCUT2D eigenvalue weighted by Crippen LogP contribution is -2.27. The van der Waals surface area contributed by atoms with Crippen molar-refractivity contribution in [2.75, 3.05) is 25.7 Å². The molecule has 0 amide bonds. The smallest absolute Gasteiger partial charge is 0.0908 e. The molecule has 4 heteroatoms. The Labute approximate surface area is 84.0 Å². The molecule has 0 radical (unpaired) electrons. The SMILES string of the molecule is OC(CCl)COCC1CCCCO1. The minimum absolute atomic E-state index is 0.219. The molecule has 1 heterocycles. The highest BCUT2D eigenvalue weighted by Crippen LogP contribution is 2.12. The second-order valence-electron chi connectivity index (χ2n) is 3.33. The number of aliphatic hydroxyl groups excluding tert-OH is 1. The van der Waals surface area contributed by atoms with Gasteiger partial charge in [-0.3, -0.25) is 0 Å². The molecule has 0 aromatic rings. The monoisotopic (exact) mass is 208 g/mol. The average Bonchev–Trinajstić information content (AvgIpc) is 2.19. The van der Waals surface area contributed by atoms with Gasteiger partial charge >= 0.3 is 0 Å². The van der Waals surface area contributed by atoms with E-state index in [4.69, 9.17) is 26.2 Å². The summed E-state index contributed by atoms with van der Waals surface area (Å²) < 4.78 is 10.7. The van der Waals surface area contributed by atoms with Crippen LogP contribution in [-0.2, 0) is 9.47 Å². The Morgan fingerprint density at radius 1 is 1.54 bits per heavy atom. The Balaban J connectivity index is 1.98. The van der Waals surface area contributed by atoms with Gasteiger partial charge in [0.1, 0.15) is 0 Å². The summed E-state index contributed by atoms with van der Waals surface area (Å²) in [5.41, 5.74) is 0. The maximum Gasteiger partial charge on any atom is 0.0908 e. The Kier molecular flexibility index (Phi) is 5.71. The highest BCUT2D eigenvalue weighted by atomic mass is 35.5. The number of aliphatic hydroxyl groups is 1. The molecule has 0 bridgehead atoms. The molecule has 2 unspecified atom stereocenters. The minimum atomic E-state index is -0.551. The molecule has 0 saturated carbocycles. The third kappa shape index (κ3) is 4.81. The summed E-state index contributed by atoms with van der Waals surface area (Å²) in [6.45, 7) is 1.73. The van der Waals surface area contributed by atoms with E-state index < -0.39 is 6.10 Å². The third-order valence-electron chi connectivity index (χ3n) is 2.07. The Morgan fingerprint density at radius 3 is 3.00 bits per heavy atom. The van der Waals surface area contributed by atoms with Gasteiger partial charge in [-0.1, -0.05) is 0 Å². The molecular weight excluding hydrogens is 192 g/mol. The molecule has 3 nitrogen and oxygen atoms in total. The van der Waals surface area contributed by atoms with Crippen LogP contribution in [0.1, 0.15) is 19.3 Å². The van der Waals surface area contributed by atoms with Gasteiger partial charge in [-0.15, -0.1) is 11.6 Å². The van der Waals surface area contributed by atoms with Crippen LogP contribution in [0.5, 0.6) is 0 Å². The third-order valence-corrected chi connectivity index (χ3v) is 2.42. The van der Waals surface area contributed by atoms with E-state index in [1.165, 1.54) is 6.42 Å². The number of hydrogen-bond donors (Lipinski definition) is 1. The predicted octanol–water partition coefficient (Wildman–Crippen LogP) is 1.17. The van der Waals surface area contributed by atoms with Crippen LogP contribution in [0.15, 0.2) is 0 Å². The zero-order valence-electron chi connectivity index (χ0n) is 7.75. The Morgan fingerprint density at radius 2 is 2.38 bits per heavy atom. The molecule has 78 valence electrons. The number of halogens is 1. The molecule has 0 aromatic heterocycles. The van der Waals surface area contributed by atoms with Crippen molar-refractivity contribution in [3.63, 3.8) is 0 Å².